The highest BCUT2D eigenvalue weighted by Gasteiger charge is 2.38. The second-order valence-corrected chi connectivity index (χ2v) is 8.65. The van der Waals surface area contributed by atoms with Crippen LogP contribution in [0, 0.1) is 0 Å². The van der Waals surface area contributed by atoms with Gasteiger partial charge in [-0.05, 0) is 25.2 Å². The zero-order chi connectivity index (χ0) is 16.6. The summed E-state index contributed by atoms with van der Waals surface area (Å²) in [7, 11) is -2.38. The molecule has 0 saturated heterocycles. The molecule has 2 aromatic rings. The fourth-order valence-electron chi connectivity index (χ4n) is 2.16. The summed E-state index contributed by atoms with van der Waals surface area (Å²) in [6.45, 7) is 0. The maximum Gasteiger partial charge on any atom is 0.361 e. The molecule has 1 atom stereocenters. The van der Waals surface area contributed by atoms with Crippen molar-refractivity contribution in [2.75, 3.05) is 12.4 Å². The van der Waals surface area contributed by atoms with E-state index in [1.165, 1.54) is 19.2 Å². The summed E-state index contributed by atoms with van der Waals surface area (Å²) in [5.74, 6) is 0. The van der Waals surface area contributed by atoms with Crippen molar-refractivity contribution in [3.63, 3.8) is 0 Å². The number of nitrogens with one attached hydrogen (secondary N) is 3. The van der Waals surface area contributed by atoms with Crippen LogP contribution in [-0.2, 0) is 21.1 Å². The average molecular weight is 371 g/mol. The molecule has 23 heavy (non-hydrogen) atoms. The zero-order valence-corrected chi connectivity index (χ0v) is 14.3. The second-order valence-electron chi connectivity index (χ2n) is 4.66. The Kier molecular flexibility index (Phi) is 4.24. The Morgan fingerprint density at radius 3 is 2.52 bits per heavy atom. The third-order valence-electron chi connectivity index (χ3n) is 3.23. The van der Waals surface area contributed by atoms with E-state index in [0.717, 1.165) is 4.90 Å². The van der Waals surface area contributed by atoms with Gasteiger partial charge in [-0.3, -0.25) is 0 Å². The molecule has 1 aliphatic rings. The van der Waals surface area contributed by atoms with Crippen LogP contribution in [0.5, 0.6) is 0 Å². The van der Waals surface area contributed by atoms with Crippen LogP contribution >= 0.6 is 11.6 Å². The number of carbonyl (C=O) groups is 1. The van der Waals surface area contributed by atoms with Crippen LogP contribution in [0.15, 0.2) is 57.2 Å². The average Bonchev–Trinajstić information content (AvgIpc) is 2.54. The predicted octanol–water partition coefficient (Wildman–Crippen LogP) is 2.33. The molecular formula is C14H13ClN3O3S2+. The normalized spacial score (nSPS) is 17.1. The number of sulfonamides is 1. The van der Waals surface area contributed by atoms with Gasteiger partial charge in [0, 0.05) is 6.07 Å². The fourth-order valence-corrected chi connectivity index (χ4v) is 5.22. The van der Waals surface area contributed by atoms with Crippen molar-refractivity contribution in [1.29, 1.82) is 0 Å². The largest absolute Gasteiger partial charge is 0.361 e. The highest BCUT2D eigenvalue weighted by atomic mass is 35.5. The molecule has 1 heterocycles. The van der Waals surface area contributed by atoms with Crippen molar-refractivity contribution in [3.05, 3.63) is 47.5 Å². The molecule has 6 nitrogen and oxygen atoms in total. The first-order chi connectivity index (χ1) is 10.9. The van der Waals surface area contributed by atoms with Gasteiger partial charge in [0.25, 0.3) is 0 Å². The summed E-state index contributed by atoms with van der Waals surface area (Å²) in [4.78, 5) is 13.4. The van der Waals surface area contributed by atoms with Gasteiger partial charge >= 0.3 is 6.03 Å². The van der Waals surface area contributed by atoms with Gasteiger partial charge in [0.05, 0.1) is 5.02 Å². The third kappa shape index (κ3) is 3.02. The van der Waals surface area contributed by atoms with E-state index in [2.05, 4.69) is 14.8 Å². The number of amides is 2. The number of halogens is 1. The zero-order valence-electron chi connectivity index (χ0n) is 12.0. The number of hydrogen-bond acceptors (Lipinski definition) is 3. The molecule has 1 unspecified atom stereocenters. The van der Waals surface area contributed by atoms with E-state index in [1.807, 2.05) is 30.3 Å². The standard InChI is InChI=1S/C14H12ClN3O3S2/c1-16-23(20,21)13-8-12-11(7-10(13)15)17-14(19)18-22(12)9-5-3-2-4-6-9/h2-8,16H,1H3,(H-,17,18,19)/p+1. The van der Waals surface area contributed by atoms with Gasteiger partial charge < -0.3 is 5.32 Å². The first-order valence-corrected chi connectivity index (χ1v) is 9.65. The number of benzene rings is 2. The molecule has 2 aromatic carbocycles. The summed E-state index contributed by atoms with van der Waals surface area (Å²) in [5, 5.41) is 2.71. The molecule has 0 aromatic heterocycles. The molecule has 0 bridgehead atoms. The van der Waals surface area contributed by atoms with Crippen LogP contribution in [0.3, 0.4) is 0 Å². The van der Waals surface area contributed by atoms with Crippen LogP contribution < -0.4 is 14.8 Å². The fraction of sp³-hybridized carbons (Fsp3) is 0.0714. The monoisotopic (exact) mass is 370 g/mol. The van der Waals surface area contributed by atoms with Gasteiger partial charge in [-0.1, -0.05) is 29.8 Å². The molecule has 0 spiro atoms. The smallest absolute Gasteiger partial charge is 0.300 e. The lowest BCUT2D eigenvalue weighted by molar-refractivity contribution is 0.256. The van der Waals surface area contributed by atoms with E-state index in [4.69, 9.17) is 11.6 Å². The Morgan fingerprint density at radius 2 is 1.87 bits per heavy atom. The summed E-state index contributed by atoms with van der Waals surface area (Å²) in [6, 6.07) is 11.9. The third-order valence-corrected chi connectivity index (χ3v) is 7.02. The van der Waals surface area contributed by atoms with Gasteiger partial charge in [0.2, 0.25) is 14.9 Å². The Labute approximate surface area is 141 Å². The Bertz CT molecular complexity index is 872. The van der Waals surface area contributed by atoms with Gasteiger partial charge in [0.15, 0.2) is 16.0 Å². The van der Waals surface area contributed by atoms with Crippen LogP contribution in [0.25, 0.3) is 0 Å². The van der Waals surface area contributed by atoms with Gasteiger partial charge in [-0.2, -0.15) is 0 Å². The molecule has 9 heteroatoms. The number of anilines is 1. The van der Waals surface area contributed by atoms with Crippen LogP contribution in [0.1, 0.15) is 0 Å². The van der Waals surface area contributed by atoms with Gasteiger partial charge in [-0.25, -0.2) is 17.9 Å². The molecular weight excluding hydrogens is 358 g/mol. The minimum absolute atomic E-state index is 0.0215. The van der Waals surface area contributed by atoms with E-state index in [9.17, 15) is 13.2 Å². The van der Waals surface area contributed by atoms with Crippen molar-refractivity contribution in [3.8, 4) is 0 Å². The van der Waals surface area contributed by atoms with Crippen LogP contribution in [0.2, 0.25) is 5.02 Å². The molecule has 3 rings (SSSR count). The molecule has 0 saturated carbocycles. The summed E-state index contributed by atoms with van der Waals surface area (Å²) in [6.07, 6.45) is 0. The SMILES string of the molecule is CNS(=O)(=O)c1cc2c(cc1Cl)NC(=O)N[S+]2c1ccccc1. The second kappa shape index (κ2) is 6.04. The number of rotatable bonds is 3. The Balaban J connectivity index is 2.20. The van der Waals surface area contributed by atoms with E-state index < -0.39 is 21.1 Å². The molecule has 1 aliphatic heterocycles. The van der Waals surface area contributed by atoms with Crippen molar-refractivity contribution in [2.45, 2.75) is 14.7 Å². The summed E-state index contributed by atoms with van der Waals surface area (Å²) in [5.41, 5.74) is 0.501. The van der Waals surface area contributed by atoms with Crippen LogP contribution in [-0.4, -0.2) is 21.5 Å². The van der Waals surface area contributed by atoms with Crippen molar-refractivity contribution in [1.82, 2.24) is 9.44 Å². The molecule has 2 amide bonds. The predicted molar refractivity (Wildman–Crippen MR) is 90.2 cm³/mol. The van der Waals surface area contributed by atoms with E-state index in [1.54, 1.807) is 0 Å². The van der Waals surface area contributed by atoms with Gasteiger partial charge in [-0.15, -0.1) is 4.72 Å². The number of fused-ring (bicyclic) bond motifs is 1. The lowest BCUT2D eigenvalue weighted by Crippen LogP contribution is -2.39. The molecule has 0 aliphatic carbocycles. The number of urea groups is 1. The molecule has 120 valence electrons. The van der Waals surface area contributed by atoms with E-state index in [-0.39, 0.29) is 15.9 Å². The maximum absolute atomic E-state index is 12.1. The molecule has 0 fully saturated rings. The highest BCUT2D eigenvalue weighted by molar-refractivity contribution is 7.96. The molecule has 3 N–H and O–H groups in total. The van der Waals surface area contributed by atoms with Crippen molar-refractivity contribution < 1.29 is 13.2 Å². The Hall–Kier alpha value is -1.74. The first kappa shape index (κ1) is 16.1. The Morgan fingerprint density at radius 1 is 1.17 bits per heavy atom. The minimum Gasteiger partial charge on any atom is -0.300 e. The van der Waals surface area contributed by atoms with Gasteiger partial charge in [0.1, 0.15) is 10.6 Å². The maximum atomic E-state index is 12.1. The summed E-state index contributed by atoms with van der Waals surface area (Å²) >= 11 is 5.30. The number of hydrogen-bond donors (Lipinski definition) is 3. The van der Waals surface area contributed by atoms with Crippen LogP contribution in [0.4, 0.5) is 10.5 Å². The van der Waals surface area contributed by atoms with E-state index >= 15 is 0 Å². The lowest BCUT2D eigenvalue weighted by atomic mass is 10.3. The topological polar surface area (TPSA) is 87.3 Å². The van der Waals surface area contributed by atoms with E-state index in [0.29, 0.717) is 10.6 Å². The summed E-state index contributed by atoms with van der Waals surface area (Å²) < 4.78 is 29.3. The lowest BCUT2D eigenvalue weighted by Gasteiger charge is -2.19. The molecule has 0 radical (unpaired) electrons. The number of carbonyl (C=O) groups excluding carboxylic acids is 1. The highest BCUT2D eigenvalue weighted by Crippen LogP contribution is 2.36. The van der Waals surface area contributed by atoms with Crippen molar-refractivity contribution in [2.24, 2.45) is 0 Å². The van der Waals surface area contributed by atoms with Crippen molar-refractivity contribution >= 4 is 44.4 Å². The quantitative estimate of drug-likeness (QED) is 0.724. The minimum atomic E-state index is -3.70. The first-order valence-electron chi connectivity index (χ1n) is 6.56.